The summed E-state index contributed by atoms with van der Waals surface area (Å²) >= 11 is 0. The first-order valence-corrected chi connectivity index (χ1v) is 7.79. The third kappa shape index (κ3) is 3.13. The number of nitrogens with zero attached hydrogens (tertiary/aromatic N) is 1. The molecule has 0 aliphatic heterocycles. The van der Waals surface area contributed by atoms with Gasteiger partial charge in [0.1, 0.15) is 0 Å². The minimum absolute atomic E-state index is 0.838. The lowest BCUT2D eigenvalue weighted by atomic mass is 10.1. The molecule has 2 aromatic rings. The molecule has 0 bridgehead atoms. The zero-order valence-electron chi connectivity index (χ0n) is 12.1. The van der Waals surface area contributed by atoms with Crippen LogP contribution in [0.1, 0.15) is 31.2 Å². The molecule has 0 saturated heterocycles. The molecule has 0 amide bonds. The summed E-state index contributed by atoms with van der Waals surface area (Å²) in [6, 6.07) is 9.54. The van der Waals surface area contributed by atoms with Crippen LogP contribution in [0.4, 0.5) is 0 Å². The molecule has 1 aromatic carbocycles. The van der Waals surface area contributed by atoms with Crippen LogP contribution in [0.5, 0.6) is 0 Å². The van der Waals surface area contributed by atoms with Crippen molar-refractivity contribution in [3.8, 4) is 0 Å². The van der Waals surface area contributed by atoms with Gasteiger partial charge in [0.25, 0.3) is 0 Å². The first kappa shape index (κ1) is 13.4. The Morgan fingerprint density at radius 1 is 1.25 bits per heavy atom. The molecule has 1 aromatic heterocycles. The highest BCUT2D eigenvalue weighted by atomic mass is 15.0. The lowest BCUT2D eigenvalue weighted by Gasteiger charge is -2.02. The summed E-state index contributed by atoms with van der Waals surface area (Å²) in [5.74, 6) is 0. The van der Waals surface area contributed by atoms with Crippen molar-refractivity contribution in [2.45, 2.75) is 44.7 Å². The van der Waals surface area contributed by atoms with E-state index in [-0.39, 0.29) is 0 Å². The van der Waals surface area contributed by atoms with Crippen molar-refractivity contribution in [1.82, 2.24) is 9.88 Å². The van der Waals surface area contributed by atoms with E-state index in [0.717, 1.165) is 12.6 Å². The van der Waals surface area contributed by atoms with Crippen LogP contribution in [0, 0.1) is 0 Å². The van der Waals surface area contributed by atoms with Gasteiger partial charge in [-0.1, -0.05) is 24.3 Å². The Hall–Kier alpha value is -1.54. The lowest BCUT2D eigenvalue weighted by Crippen LogP contribution is -2.17. The van der Waals surface area contributed by atoms with Gasteiger partial charge in [0.2, 0.25) is 0 Å². The van der Waals surface area contributed by atoms with Crippen molar-refractivity contribution in [3.05, 3.63) is 48.7 Å². The minimum atomic E-state index is 0.838. The number of para-hydroxylation sites is 1. The Labute approximate surface area is 121 Å². The van der Waals surface area contributed by atoms with Gasteiger partial charge in [0, 0.05) is 29.7 Å². The zero-order valence-corrected chi connectivity index (χ0v) is 12.1. The van der Waals surface area contributed by atoms with E-state index in [0.29, 0.717) is 0 Å². The molecule has 0 radical (unpaired) electrons. The molecule has 106 valence electrons. The van der Waals surface area contributed by atoms with Gasteiger partial charge >= 0.3 is 0 Å². The van der Waals surface area contributed by atoms with Crippen molar-refractivity contribution in [1.29, 1.82) is 0 Å². The Morgan fingerprint density at radius 3 is 2.90 bits per heavy atom. The number of unbranched alkanes of at least 4 members (excludes halogenated alkanes) is 1. The predicted octanol–water partition coefficient (Wildman–Crippen LogP) is 3.90. The average Bonchev–Trinajstić information content (AvgIpc) is 3.23. The lowest BCUT2D eigenvalue weighted by molar-refractivity contribution is 0.620. The summed E-state index contributed by atoms with van der Waals surface area (Å²) < 4.78 is 2.31. The van der Waals surface area contributed by atoms with Crippen LogP contribution in [-0.2, 0) is 13.0 Å². The molecule has 1 heterocycles. The molecular formula is C18H24N2. The summed E-state index contributed by atoms with van der Waals surface area (Å²) in [6.07, 6.45) is 10.8. The molecule has 1 saturated carbocycles. The SMILES string of the molecule is C=CCn1cc(CCCCNC2CC2)c2ccccc21. The fourth-order valence-electron chi connectivity index (χ4n) is 2.85. The number of hydrogen-bond donors (Lipinski definition) is 1. The molecule has 1 aliphatic rings. The van der Waals surface area contributed by atoms with Crippen LogP contribution >= 0.6 is 0 Å². The van der Waals surface area contributed by atoms with Crippen LogP contribution in [0.2, 0.25) is 0 Å². The van der Waals surface area contributed by atoms with Crippen molar-refractivity contribution in [2.75, 3.05) is 6.54 Å². The third-order valence-electron chi connectivity index (χ3n) is 4.08. The summed E-state index contributed by atoms with van der Waals surface area (Å²) in [6.45, 7) is 5.92. The monoisotopic (exact) mass is 268 g/mol. The Balaban J connectivity index is 1.62. The molecule has 1 aliphatic carbocycles. The number of hydrogen-bond acceptors (Lipinski definition) is 1. The number of aryl methyl sites for hydroxylation is 1. The van der Waals surface area contributed by atoms with Crippen LogP contribution in [0.15, 0.2) is 43.1 Å². The second kappa shape index (κ2) is 6.27. The second-order valence-corrected chi connectivity index (χ2v) is 5.80. The second-order valence-electron chi connectivity index (χ2n) is 5.80. The van der Waals surface area contributed by atoms with E-state index in [1.165, 1.54) is 55.1 Å². The highest BCUT2D eigenvalue weighted by Crippen LogP contribution is 2.23. The maximum Gasteiger partial charge on any atom is 0.0486 e. The topological polar surface area (TPSA) is 17.0 Å². The van der Waals surface area contributed by atoms with Crippen LogP contribution in [0.25, 0.3) is 10.9 Å². The number of aromatic nitrogens is 1. The fraction of sp³-hybridized carbons (Fsp3) is 0.444. The van der Waals surface area contributed by atoms with Crippen molar-refractivity contribution >= 4 is 10.9 Å². The standard InChI is InChI=1S/C18H24N2/c1-2-13-20-14-15(17-8-3-4-9-18(17)20)7-5-6-12-19-16-10-11-16/h2-4,8-9,14,16,19H,1,5-7,10-13H2. The molecule has 0 unspecified atom stereocenters. The number of nitrogens with one attached hydrogen (secondary N) is 1. The highest BCUT2D eigenvalue weighted by molar-refractivity contribution is 5.84. The van der Waals surface area contributed by atoms with E-state index in [2.05, 4.69) is 46.9 Å². The zero-order chi connectivity index (χ0) is 13.8. The summed E-state index contributed by atoms with van der Waals surface area (Å²) in [5, 5.41) is 4.99. The van der Waals surface area contributed by atoms with Crippen LogP contribution in [0.3, 0.4) is 0 Å². The van der Waals surface area contributed by atoms with Gasteiger partial charge in [0.15, 0.2) is 0 Å². The first-order valence-electron chi connectivity index (χ1n) is 7.79. The summed E-state index contributed by atoms with van der Waals surface area (Å²) in [4.78, 5) is 0. The number of fused-ring (bicyclic) bond motifs is 1. The molecule has 0 spiro atoms. The maximum absolute atomic E-state index is 3.85. The largest absolute Gasteiger partial charge is 0.343 e. The van der Waals surface area contributed by atoms with E-state index in [1.807, 2.05) is 6.08 Å². The maximum atomic E-state index is 3.85. The van der Waals surface area contributed by atoms with Crippen LogP contribution in [-0.4, -0.2) is 17.2 Å². The van der Waals surface area contributed by atoms with Gasteiger partial charge in [-0.3, -0.25) is 0 Å². The average molecular weight is 268 g/mol. The van der Waals surface area contributed by atoms with Crippen molar-refractivity contribution < 1.29 is 0 Å². The molecule has 1 fully saturated rings. The van der Waals surface area contributed by atoms with Crippen molar-refractivity contribution in [3.63, 3.8) is 0 Å². The molecule has 0 atom stereocenters. The van der Waals surface area contributed by atoms with Crippen molar-refractivity contribution in [2.24, 2.45) is 0 Å². The molecule has 2 nitrogen and oxygen atoms in total. The summed E-state index contributed by atoms with van der Waals surface area (Å²) in [5.41, 5.74) is 2.81. The van der Waals surface area contributed by atoms with Gasteiger partial charge in [0.05, 0.1) is 0 Å². The minimum Gasteiger partial charge on any atom is -0.343 e. The number of allylic oxidation sites excluding steroid dienone is 1. The predicted molar refractivity (Wildman–Crippen MR) is 86.1 cm³/mol. The highest BCUT2D eigenvalue weighted by Gasteiger charge is 2.19. The normalized spacial score (nSPS) is 14.8. The number of benzene rings is 1. The Bertz CT molecular complexity index is 578. The smallest absolute Gasteiger partial charge is 0.0486 e. The Morgan fingerprint density at radius 2 is 2.10 bits per heavy atom. The first-order chi connectivity index (χ1) is 9.88. The summed E-state index contributed by atoms with van der Waals surface area (Å²) in [7, 11) is 0. The van der Waals surface area contributed by atoms with Crippen LogP contribution < -0.4 is 5.32 Å². The van der Waals surface area contributed by atoms with E-state index in [9.17, 15) is 0 Å². The molecule has 3 rings (SSSR count). The third-order valence-corrected chi connectivity index (χ3v) is 4.08. The van der Waals surface area contributed by atoms with E-state index in [1.54, 1.807) is 0 Å². The fourth-order valence-corrected chi connectivity index (χ4v) is 2.85. The van der Waals surface area contributed by atoms with Gasteiger partial charge < -0.3 is 9.88 Å². The molecule has 20 heavy (non-hydrogen) atoms. The van der Waals surface area contributed by atoms with Gasteiger partial charge in [-0.2, -0.15) is 0 Å². The molecule has 1 N–H and O–H groups in total. The van der Waals surface area contributed by atoms with Gasteiger partial charge in [-0.25, -0.2) is 0 Å². The molecule has 2 heteroatoms. The van der Waals surface area contributed by atoms with E-state index >= 15 is 0 Å². The van der Waals surface area contributed by atoms with E-state index < -0.39 is 0 Å². The van der Waals surface area contributed by atoms with Gasteiger partial charge in [-0.05, 0) is 50.3 Å². The quantitative estimate of drug-likeness (QED) is 0.567. The molecular weight excluding hydrogens is 244 g/mol. The number of rotatable bonds is 8. The van der Waals surface area contributed by atoms with E-state index in [4.69, 9.17) is 0 Å². The Kier molecular flexibility index (Phi) is 4.22. The van der Waals surface area contributed by atoms with Gasteiger partial charge in [-0.15, -0.1) is 6.58 Å².